The van der Waals surface area contributed by atoms with Crippen molar-refractivity contribution in [1.29, 1.82) is 0 Å². The van der Waals surface area contributed by atoms with Crippen LogP contribution in [0, 0.1) is 0 Å². The summed E-state index contributed by atoms with van der Waals surface area (Å²) in [7, 11) is 1.96. The van der Waals surface area contributed by atoms with Gasteiger partial charge in [-0.3, -0.25) is 4.79 Å². The van der Waals surface area contributed by atoms with Gasteiger partial charge in [-0.25, -0.2) is 4.98 Å². The highest BCUT2D eigenvalue weighted by molar-refractivity contribution is 7.18. The predicted molar refractivity (Wildman–Crippen MR) is 113 cm³/mol. The van der Waals surface area contributed by atoms with Crippen LogP contribution in [0.25, 0.3) is 10.2 Å². The number of piperidine rings is 1. The summed E-state index contributed by atoms with van der Waals surface area (Å²) in [6.07, 6.45) is 1.93. The molecule has 1 aromatic heterocycles. The number of hydrogen-bond donors (Lipinski definition) is 0. The number of amides is 1. The Morgan fingerprint density at radius 2 is 1.96 bits per heavy atom. The molecule has 3 aromatic rings. The molecule has 0 N–H and O–H groups in total. The molecule has 1 aliphatic rings. The number of hydrogen-bond acceptors (Lipinski definition) is 4. The molecule has 1 saturated heterocycles. The Morgan fingerprint density at radius 1 is 1.22 bits per heavy atom. The number of likely N-dealkylation sites (tertiary alicyclic amines) is 1. The third-order valence-electron chi connectivity index (χ3n) is 5.13. The van der Waals surface area contributed by atoms with Crippen LogP contribution in [0.1, 0.15) is 23.8 Å². The maximum atomic E-state index is 12.7. The van der Waals surface area contributed by atoms with Crippen LogP contribution < -0.4 is 4.90 Å². The first-order chi connectivity index (χ1) is 13.1. The van der Waals surface area contributed by atoms with Crippen LogP contribution in [0.2, 0.25) is 5.02 Å². The van der Waals surface area contributed by atoms with E-state index in [0.29, 0.717) is 12.5 Å². The molecule has 0 spiro atoms. The summed E-state index contributed by atoms with van der Waals surface area (Å²) in [6.45, 7) is 2.00. The minimum Gasteiger partial charge on any atom is -0.365 e. The molecular weight excluding hydrogens is 378 g/mol. The number of likely N-dealkylation sites (N-methyl/N-ethyl adjacent to an activating group) is 1. The quantitative estimate of drug-likeness (QED) is 0.632. The standard InChI is InChI=1S/C21H22ClN3OS/c1-24(17-5-3-2-4-6-17)14-20(26)25-11-9-15(10-12-25)21-23-18-13-16(22)7-8-19(18)27-21/h2-8,13,15H,9-12,14H2,1H3. The third kappa shape index (κ3) is 4.09. The highest BCUT2D eigenvalue weighted by Gasteiger charge is 2.26. The molecule has 0 saturated carbocycles. The van der Waals surface area contributed by atoms with Crippen molar-refractivity contribution in [1.82, 2.24) is 9.88 Å². The largest absolute Gasteiger partial charge is 0.365 e. The Kier molecular flexibility index (Phi) is 5.32. The first-order valence-corrected chi connectivity index (χ1v) is 10.4. The van der Waals surface area contributed by atoms with E-state index in [-0.39, 0.29) is 5.91 Å². The van der Waals surface area contributed by atoms with Crippen LogP contribution in [-0.2, 0) is 4.79 Å². The molecule has 27 heavy (non-hydrogen) atoms. The monoisotopic (exact) mass is 399 g/mol. The van der Waals surface area contributed by atoms with Crippen molar-refractivity contribution in [3.63, 3.8) is 0 Å². The molecule has 0 aliphatic carbocycles. The Morgan fingerprint density at radius 3 is 2.70 bits per heavy atom. The van der Waals surface area contributed by atoms with Gasteiger partial charge in [0.15, 0.2) is 0 Å². The summed E-state index contributed by atoms with van der Waals surface area (Å²) in [5.74, 6) is 0.618. The van der Waals surface area contributed by atoms with Gasteiger partial charge in [-0.2, -0.15) is 0 Å². The van der Waals surface area contributed by atoms with Crippen LogP contribution in [-0.4, -0.2) is 42.5 Å². The van der Waals surface area contributed by atoms with Gasteiger partial charge in [0.25, 0.3) is 0 Å². The zero-order valence-electron chi connectivity index (χ0n) is 15.3. The van der Waals surface area contributed by atoms with Crippen LogP contribution in [0.5, 0.6) is 0 Å². The SMILES string of the molecule is CN(CC(=O)N1CCC(c2nc3cc(Cl)ccc3s2)CC1)c1ccccc1. The number of fused-ring (bicyclic) bond motifs is 1. The fourth-order valence-corrected chi connectivity index (χ4v) is 4.83. The number of rotatable bonds is 4. The van der Waals surface area contributed by atoms with Gasteiger partial charge in [0.2, 0.25) is 5.91 Å². The molecule has 6 heteroatoms. The van der Waals surface area contributed by atoms with Crippen LogP contribution in [0.3, 0.4) is 0 Å². The van der Waals surface area contributed by atoms with E-state index in [1.54, 1.807) is 11.3 Å². The molecule has 2 heterocycles. The predicted octanol–water partition coefficient (Wildman–Crippen LogP) is 4.79. The summed E-state index contributed by atoms with van der Waals surface area (Å²) in [6, 6.07) is 15.9. The van der Waals surface area contributed by atoms with E-state index in [2.05, 4.69) is 0 Å². The maximum Gasteiger partial charge on any atom is 0.242 e. The van der Waals surface area contributed by atoms with Crippen molar-refractivity contribution < 1.29 is 4.79 Å². The van der Waals surface area contributed by atoms with Crippen LogP contribution in [0.4, 0.5) is 5.69 Å². The second-order valence-electron chi connectivity index (χ2n) is 7.01. The average molecular weight is 400 g/mol. The van der Waals surface area contributed by atoms with E-state index in [4.69, 9.17) is 16.6 Å². The number of carbonyl (C=O) groups is 1. The van der Waals surface area contributed by atoms with Gasteiger partial charge in [0.05, 0.1) is 21.8 Å². The van der Waals surface area contributed by atoms with Gasteiger partial charge in [-0.05, 0) is 43.2 Å². The van der Waals surface area contributed by atoms with E-state index in [1.807, 2.05) is 65.4 Å². The lowest BCUT2D eigenvalue weighted by atomic mass is 9.97. The lowest BCUT2D eigenvalue weighted by molar-refractivity contribution is -0.130. The molecular formula is C21H22ClN3OS. The molecule has 1 fully saturated rings. The van der Waals surface area contributed by atoms with Crippen molar-refractivity contribution in [3.8, 4) is 0 Å². The van der Waals surface area contributed by atoms with Gasteiger partial charge < -0.3 is 9.80 Å². The molecule has 4 rings (SSSR count). The maximum absolute atomic E-state index is 12.7. The number of anilines is 1. The Balaban J connectivity index is 1.36. The van der Waals surface area contributed by atoms with E-state index in [0.717, 1.165) is 42.2 Å². The summed E-state index contributed by atoms with van der Waals surface area (Å²) in [5.41, 5.74) is 2.04. The summed E-state index contributed by atoms with van der Waals surface area (Å²) >= 11 is 7.82. The van der Waals surface area contributed by atoms with Gasteiger partial charge in [0, 0.05) is 36.8 Å². The Bertz CT molecular complexity index is 935. The zero-order chi connectivity index (χ0) is 18.8. The normalized spacial score (nSPS) is 15.3. The van der Waals surface area contributed by atoms with Crippen molar-refractivity contribution in [2.75, 3.05) is 31.6 Å². The highest BCUT2D eigenvalue weighted by atomic mass is 35.5. The fraction of sp³-hybridized carbons (Fsp3) is 0.333. The second-order valence-corrected chi connectivity index (χ2v) is 8.51. The highest BCUT2D eigenvalue weighted by Crippen LogP contribution is 2.34. The molecule has 0 atom stereocenters. The first kappa shape index (κ1) is 18.3. The molecule has 2 aromatic carbocycles. The third-order valence-corrected chi connectivity index (χ3v) is 6.57. The van der Waals surface area contributed by atoms with Crippen molar-refractivity contribution >= 4 is 44.7 Å². The second kappa shape index (κ2) is 7.87. The van der Waals surface area contributed by atoms with Gasteiger partial charge in [-0.1, -0.05) is 29.8 Å². The Hall–Kier alpha value is -2.11. The molecule has 0 unspecified atom stereocenters. The van der Waals surface area contributed by atoms with E-state index < -0.39 is 0 Å². The summed E-state index contributed by atoms with van der Waals surface area (Å²) in [4.78, 5) is 21.4. The number of nitrogens with zero attached hydrogens (tertiary/aromatic N) is 3. The first-order valence-electron chi connectivity index (χ1n) is 9.20. The fourth-order valence-electron chi connectivity index (χ4n) is 3.55. The molecule has 0 radical (unpaired) electrons. The van der Waals surface area contributed by atoms with Gasteiger partial charge in [-0.15, -0.1) is 11.3 Å². The van der Waals surface area contributed by atoms with E-state index in [1.165, 1.54) is 9.71 Å². The number of aromatic nitrogens is 1. The van der Waals surface area contributed by atoms with E-state index >= 15 is 0 Å². The minimum atomic E-state index is 0.191. The van der Waals surface area contributed by atoms with Gasteiger partial charge in [0.1, 0.15) is 0 Å². The molecule has 140 valence electrons. The van der Waals surface area contributed by atoms with Crippen LogP contribution >= 0.6 is 22.9 Å². The van der Waals surface area contributed by atoms with E-state index in [9.17, 15) is 4.79 Å². The smallest absolute Gasteiger partial charge is 0.242 e. The summed E-state index contributed by atoms with van der Waals surface area (Å²) < 4.78 is 1.18. The number of para-hydroxylation sites is 1. The number of benzene rings is 2. The molecule has 0 bridgehead atoms. The average Bonchev–Trinajstić information content (AvgIpc) is 3.12. The van der Waals surface area contributed by atoms with Crippen LogP contribution in [0.15, 0.2) is 48.5 Å². The number of thiazole rings is 1. The van der Waals surface area contributed by atoms with Crippen molar-refractivity contribution in [2.45, 2.75) is 18.8 Å². The molecule has 4 nitrogen and oxygen atoms in total. The zero-order valence-corrected chi connectivity index (χ0v) is 16.8. The lowest BCUT2D eigenvalue weighted by Gasteiger charge is -2.32. The topological polar surface area (TPSA) is 36.4 Å². The summed E-state index contributed by atoms with van der Waals surface area (Å²) in [5, 5.41) is 1.89. The lowest BCUT2D eigenvalue weighted by Crippen LogP contribution is -2.43. The minimum absolute atomic E-state index is 0.191. The number of carbonyl (C=O) groups excluding carboxylic acids is 1. The molecule has 1 amide bonds. The van der Waals surface area contributed by atoms with Crippen molar-refractivity contribution in [3.05, 3.63) is 58.6 Å². The molecule has 1 aliphatic heterocycles. The number of halogens is 1. The Labute approximate surface area is 168 Å². The van der Waals surface area contributed by atoms with Gasteiger partial charge >= 0.3 is 0 Å². The van der Waals surface area contributed by atoms with Crippen molar-refractivity contribution in [2.24, 2.45) is 0 Å².